The molecule has 1 unspecified atom stereocenters. The molecule has 0 saturated heterocycles. The van der Waals surface area contributed by atoms with Gasteiger partial charge in [-0.1, -0.05) is 67.2 Å². The Morgan fingerprint density at radius 2 is 1.10 bits per heavy atom. The first-order chi connectivity index (χ1) is 10.1. The molecule has 0 N–H and O–H groups in total. The van der Waals surface area contributed by atoms with Crippen molar-refractivity contribution in [2.24, 2.45) is 5.92 Å². The molecular weight excluding hydrogens is 254 g/mol. The zero-order valence-electron chi connectivity index (χ0n) is 16.1. The average Bonchev–Trinajstić information content (AvgIpc) is 2.46. The van der Waals surface area contributed by atoms with Crippen LogP contribution in [0.15, 0.2) is 0 Å². The largest absolute Gasteiger partial charge is 0.321 e. The second-order valence-electron chi connectivity index (χ2n) is 7.52. The molecule has 0 radical (unpaired) electrons. The monoisotopic (exact) mass is 298 g/mol. The summed E-state index contributed by atoms with van der Waals surface area (Å²) in [6.45, 7) is 18.5. The van der Waals surface area contributed by atoms with Gasteiger partial charge in [-0.2, -0.15) is 0 Å². The molecule has 0 aliphatic rings. The maximum absolute atomic E-state index is 2.41. The Kier molecular flexibility index (Phi) is 12.5. The molecule has 0 aliphatic heterocycles. The Hall–Kier alpha value is -0.0400. The molecule has 0 bridgehead atoms. The van der Waals surface area contributed by atoms with Gasteiger partial charge in [-0.3, -0.25) is 0 Å². The lowest BCUT2D eigenvalue weighted by Gasteiger charge is -2.46. The number of quaternary nitrogens is 1. The molecule has 0 spiro atoms. The summed E-state index contributed by atoms with van der Waals surface area (Å²) < 4.78 is 1.43. The quantitative estimate of drug-likeness (QED) is 0.325. The van der Waals surface area contributed by atoms with Gasteiger partial charge >= 0.3 is 0 Å². The molecule has 0 heterocycles. The van der Waals surface area contributed by atoms with Crippen molar-refractivity contribution in [2.45, 2.75) is 105 Å². The van der Waals surface area contributed by atoms with Crippen LogP contribution in [-0.4, -0.2) is 30.2 Å². The van der Waals surface area contributed by atoms with Gasteiger partial charge in [-0.05, 0) is 31.6 Å². The van der Waals surface area contributed by atoms with Crippen molar-refractivity contribution in [2.75, 3.05) is 19.6 Å². The highest BCUT2D eigenvalue weighted by Crippen LogP contribution is 2.27. The van der Waals surface area contributed by atoms with Crippen LogP contribution in [-0.2, 0) is 0 Å². The zero-order chi connectivity index (χ0) is 16.1. The van der Waals surface area contributed by atoms with E-state index >= 15 is 0 Å². The lowest BCUT2D eigenvalue weighted by Crippen LogP contribution is -2.57. The van der Waals surface area contributed by atoms with E-state index in [4.69, 9.17) is 0 Å². The van der Waals surface area contributed by atoms with E-state index in [-0.39, 0.29) is 0 Å². The van der Waals surface area contributed by atoms with Crippen LogP contribution in [0.4, 0.5) is 0 Å². The third kappa shape index (κ3) is 8.24. The van der Waals surface area contributed by atoms with Crippen molar-refractivity contribution in [1.29, 1.82) is 0 Å². The molecule has 0 aromatic rings. The Labute approximate surface area is 136 Å². The maximum Gasteiger partial charge on any atom is 0.0892 e. The van der Waals surface area contributed by atoms with Crippen molar-refractivity contribution in [3.05, 3.63) is 0 Å². The third-order valence-electron chi connectivity index (χ3n) is 5.01. The van der Waals surface area contributed by atoms with Crippen LogP contribution >= 0.6 is 0 Å². The minimum Gasteiger partial charge on any atom is -0.321 e. The van der Waals surface area contributed by atoms with Crippen molar-refractivity contribution in [3.63, 3.8) is 0 Å². The second kappa shape index (κ2) is 12.5. The van der Waals surface area contributed by atoms with Crippen molar-refractivity contribution in [3.8, 4) is 0 Å². The lowest BCUT2D eigenvalue weighted by molar-refractivity contribution is -0.953. The molecule has 0 amide bonds. The van der Waals surface area contributed by atoms with E-state index in [0.29, 0.717) is 0 Å². The SMILES string of the molecule is CCCC[N+](CCCC)(CCCC)C(CCC)CC(C)C. The first-order valence-electron chi connectivity index (χ1n) is 9.91. The summed E-state index contributed by atoms with van der Waals surface area (Å²) in [5, 5.41) is 0. The summed E-state index contributed by atoms with van der Waals surface area (Å²) in [6.07, 6.45) is 12.5. The van der Waals surface area contributed by atoms with Gasteiger partial charge in [0.2, 0.25) is 0 Å². The van der Waals surface area contributed by atoms with Crippen molar-refractivity contribution in [1.82, 2.24) is 0 Å². The molecule has 1 nitrogen and oxygen atoms in total. The molecule has 128 valence electrons. The van der Waals surface area contributed by atoms with Gasteiger partial charge in [0.25, 0.3) is 0 Å². The number of unbranched alkanes of at least 4 members (excludes halogenated alkanes) is 3. The van der Waals surface area contributed by atoms with E-state index in [2.05, 4.69) is 41.5 Å². The molecule has 0 saturated carbocycles. The fourth-order valence-electron chi connectivity index (χ4n) is 3.79. The van der Waals surface area contributed by atoms with Crippen LogP contribution < -0.4 is 0 Å². The molecule has 0 rings (SSSR count). The number of hydrogen-bond donors (Lipinski definition) is 0. The van der Waals surface area contributed by atoms with E-state index in [1.54, 1.807) is 0 Å². The lowest BCUT2D eigenvalue weighted by atomic mass is 9.94. The highest BCUT2D eigenvalue weighted by molar-refractivity contribution is 4.65. The van der Waals surface area contributed by atoms with E-state index < -0.39 is 0 Å². The molecule has 0 fully saturated rings. The Bertz CT molecular complexity index is 200. The van der Waals surface area contributed by atoms with Gasteiger partial charge in [-0.15, -0.1) is 0 Å². The molecule has 0 aromatic heterocycles. The van der Waals surface area contributed by atoms with Crippen molar-refractivity contribution < 1.29 is 4.48 Å². The number of hydrogen-bond acceptors (Lipinski definition) is 0. The topological polar surface area (TPSA) is 0 Å². The average molecular weight is 299 g/mol. The molecular formula is C20H44N+. The summed E-state index contributed by atoms with van der Waals surface area (Å²) >= 11 is 0. The highest BCUT2D eigenvalue weighted by atomic mass is 15.4. The Morgan fingerprint density at radius 1 is 0.667 bits per heavy atom. The normalized spacial score (nSPS) is 13.9. The molecule has 1 heteroatoms. The van der Waals surface area contributed by atoms with Crippen LogP contribution in [0.3, 0.4) is 0 Å². The summed E-state index contributed by atoms with van der Waals surface area (Å²) in [4.78, 5) is 0. The first-order valence-corrected chi connectivity index (χ1v) is 9.91. The van der Waals surface area contributed by atoms with Gasteiger partial charge < -0.3 is 4.48 Å². The van der Waals surface area contributed by atoms with E-state index in [9.17, 15) is 0 Å². The minimum atomic E-state index is 0.837. The predicted molar refractivity (Wildman–Crippen MR) is 97.7 cm³/mol. The summed E-state index contributed by atoms with van der Waals surface area (Å²) in [5.74, 6) is 0.837. The molecule has 0 aliphatic carbocycles. The maximum atomic E-state index is 2.41. The Morgan fingerprint density at radius 3 is 1.38 bits per heavy atom. The number of nitrogens with zero attached hydrogens (tertiary/aromatic N) is 1. The first kappa shape index (κ1) is 21.0. The summed E-state index contributed by atoms with van der Waals surface area (Å²) in [6, 6.07) is 0.902. The fraction of sp³-hybridized carbons (Fsp3) is 1.00. The van der Waals surface area contributed by atoms with Crippen LogP contribution in [0, 0.1) is 5.92 Å². The van der Waals surface area contributed by atoms with Crippen LogP contribution in [0.5, 0.6) is 0 Å². The zero-order valence-corrected chi connectivity index (χ0v) is 16.1. The fourth-order valence-corrected chi connectivity index (χ4v) is 3.79. The van der Waals surface area contributed by atoms with Gasteiger partial charge in [0.1, 0.15) is 0 Å². The Balaban J connectivity index is 5.17. The third-order valence-corrected chi connectivity index (χ3v) is 5.01. The number of rotatable bonds is 14. The van der Waals surface area contributed by atoms with Crippen LogP contribution in [0.1, 0.15) is 99.3 Å². The van der Waals surface area contributed by atoms with Crippen LogP contribution in [0.2, 0.25) is 0 Å². The van der Waals surface area contributed by atoms with E-state index in [1.165, 1.54) is 81.9 Å². The van der Waals surface area contributed by atoms with E-state index in [1.807, 2.05) is 0 Å². The predicted octanol–water partition coefficient (Wildman–Crippen LogP) is 6.42. The standard InChI is InChI=1S/C20H44N/c1-7-11-15-21(16-12-8-2,17-13-9-3)20(14-10-4)18-19(5)6/h19-20H,7-18H2,1-6H3/q+1. The van der Waals surface area contributed by atoms with Gasteiger partial charge in [0.05, 0.1) is 25.7 Å². The molecule has 1 atom stereocenters. The van der Waals surface area contributed by atoms with Gasteiger partial charge in [-0.25, -0.2) is 0 Å². The van der Waals surface area contributed by atoms with Gasteiger partial charge in [0.15, 0.2) is 0 Å². The van der Waals surface area contributed by atoms with Crippen molar-refractivity contribution >= 4 is 0 Å². The highest BCUT2D eigenvalue weighted by Gasteiger charge is 2.35. The minimum absolute atomic E-state index is 0.837. The smallest absolute Gasteiger partial charge is 0.0892 e. The van der Waals surface area contributed by atoms with E-state index in [0.717, 1.165) is 12.0 Å². The second-order valence-corrected chi connectivity index (χ2v) is 7.52. The van der Waals surface area contributed by atoms with Crippen LogP contribution in [0.25, 0.3) is 0 Å². The summed E-state index contributed by atoms with van der Waals surface area (Å²) in [5.41, 5.74) is 0. The molecule has 0 aromatic carbocycles. The molecule has 21 heavy (non-hydrogen) atoms. The summed E-state index contributed by atoms with van der Waals surface area (Å²) in [7, 11) is 0. The van der Waals surface area contributed by atoms with Gasteiger partial charge in [0, 0.05) is 6.42 Å².